The number of nitrogens with zero attached hydrogens (tertiary/aromatic N) is 1. The van der Waals surface area contributed by atoms with Gasteiger partial charge in [0, 0.05) is 5.56 Å². The van der Waals surface area contributed by atoms with E-state index in [0.717, 1.165) is 5.56 Å². The van der Waals surface area contributed by atoms with E-state index in [1.165, 1.54) is 0 Å². The van der Waals surface area contributed by atoms with Crippen LogP contribution in [0.2, 0.25) is 10.0 Å². The third kappa shape index (κ3) is 2.73. The van der Waals surface area contributed by atoms with Gasteiger partial charge < -0.3 is 4.42 Å². The first-order valence-electron chi connectivity index (χ1n) is 6.16. The number of hydrazone groups is 1. The van der Waals surface area contributed by atoms with Crippen LogP contribution in [0.3, 0.4) is 0 Å². The molecule has 3 rings (SSSR count). The topological polar surface area (TPSA) is 54.6 Å². The zero-order valence-corrected chi connectivity index (χ0v) is 12.5. The van der Waals surface area contributed by atoms with Gasteiger partial charge in [0.15, 0.2) is 0 Å². The average Bonchev–Trinajstić information content (AvgIpc) is 3.04. The summed E-state index contributed by atoms with van der Waals surface area (Å²) in [6, 6.07) is 8.85. The molecule has 0 atom stereocenters. The van der Waals surface area contributed by atoms with Gasteiger partial charge in [0.2, 0.25) is 0 Å². The lowest BCUT2D eigenvalue weighted by Gasteiger charge is -1.99. The molecule has 0 unspecified atom stereocenters. The second-order valence-corrected chi connectivity index (χ2v) is 5.34. The van der Waals surface area contributed by atoms with Gasteiger partial charge in [-0.25, -0.2) is 5.43 Å². The predicted molar refractivity (Wildman–Crippen MR) is 83.4 cm³/mol. The Kier molecular flexibility index (Phi) is 3.57. The highest BCUT2D eigenvalue weighted by atomic mass is 35.5. The van der Waals surface area contributed by atoms with E-state index in [2.05, 4.69) is 10.5 Å². The molecule has 1 aliphatic rings. The Morgan fingerprint density at radius 3 is 2.67 bits per heavy atom. The van der Waals surface area contributed by atoms with Gasteiger partial charge in [-0.05, 0) is 43.3 Å². The lowest BCUT2D eigenvalue weighted by molar-refractivity contribution is -0.116. The molecule has 0 bridgehead atoms. The fourth-order valence-electron chi connectivity index (χ4n) is 1.97. The molecule has 106 valence electrons. The summed E-state index contributed by atoms with van der Waals surface area (Å²) in [7, 11) is 0. The maximum absolute atomic E-state index is 11.6. The van der Waals surface area contributed by atoms with Gasteiger partial charge in [-0.3, -0.25) is 4.79 Å². The maximum atomic E-state index is 11.6. The van der Waals surface area contributed by atoms with E-state index in [4.69, 9.17) is 27.6 Å². The first-order chi connectivity index (χ1) is 10.0. The van der Waals surface area contributed by atoms with E-state index >= 15 is 0 Å². The number of furan rings is 1. The van der Waals surface area contributed by atoms with Crippen LogP contribution in [-0.2, 0) is 4.79 Å². The second-order valence-electron chi connectivity index (χ2n) is 4.53. The molecule has 0 fully saturated rings. The average molecular weight is 321 g/mol. The third-order valence-electron chi connectivity index (χ3n) is 3.08. The monoisotopic (exact) mass is 320 g/mol. The molecular weight excluding hydrogens is 311 g/mol. The number of hydrogen-bond donors (Lipinski definition) is 1. The first kappa shape index (κ1) is 13.9. The molecule has 1 aromatic heterocycles. The summed E-state index contributed by atoms with van der Waals surface area (Å²) >= 11 is 11.9. The molecule has 6 heteroatoms. The zero-order chi connectivity index (χ0) is 15.0. The molecular formula is C15H10Cl2N2O2. The molecule has 1 amide bonds. The predicted octanol–water partition coefficient (Wildman–Crippen LogP) is 4.14. The van der Waals surface area contributed by atoms with Crippen molar-refractivity contribution in [3.63, 3.8) is 0 Å². The van der Waals surface area contributed by atoms with Crippen molar-refractivity contribution in [2.24, 2.45) is 5.10 Å². The number of carbonyl (C=O) groups is 1. The molecule has 4 nitrogen and oxygen atoms in total. The number of hydrogen-bond acceptors (Lipinski definition) is 3. The Balaban J connectivity index is 1.93. The number of benzene rings is 1. The smallest absolute Gasteiger partial charge is 0.273 e. The van der Waals surface area contributed by atoms with Crippen molar-refractivity contribution in [2.45, 2.75) is 6.92 Å². The van der Waals surface area contributed by atoms with Crippen molar-refractivity contribution < 1.29 is 9.21 Å². The highest BCUT2D eigenvalue weighted by Crippen LogP contribution is 2.30. The molecule has 1 aromatic carbocycles. The minimum atomic E-state index is -0.236. The Labute approximate surface area is 131 Å². The lowest BCUT2D eigenvalue weighted by Crippen LogP contribution is -2.12. The summed E-state index contributed by atoms with van der Waals surface area (Å²) < 4.78 is 5.71. The van der Waals surface area contributed by atoms with E-state index < -0.39 is 0 Å². The van der Waals surface area contributed by atoms with Crippen LogP contribution in [0, 0.1) is 0 Å². The second kappa shape index (κ2) is 5.39. The van der Waals surface area contributed by atoms with Gasteiger partial charge in [0.1, 0.15) is 11.5 Å². The molecule has 2 aromatic rings. The van der Waals surface area contributed by atoms with Gasteiger partial charge in [0.05, 0.1) is 21.3 Å². The van der Waals surface area contributed by atoms with Crippen LogP contribution in [0.25, 0.3) is 17.4 Å². The number of carbonyl (C=O) groups excluding carboxylic acids is 1. The summed E-state index contributed by atoms with van der Waals surface area (Å²) in [5, 5.41) is 4.81. The molecule has 1 N–H and O–H groups in total. The first-order valence-corrected chi connectivity index (χ1v) is 6.92. The quantitative estimate of drug-likeness (QED) is 0.845. The van der Waals surface area contributed by atoms with Gasteiger partial charge in [0.25, 0.3) is 5.91 Å². The van der Waals surface area contributed by atoms with Crippen molar-refractivity contribution in [3.05, 3.63) is 51.7 Å². The van der Waals surface area contributed by atoms with Gasteiger partial charge in [-0.2, -0.15) is 5.10 Å². The summed E-state index contributed by atoms with van der Waals surface area (Å²) in [6.07, 6.45) is 1.65. The van der Waals surface area contributed by atoms with Gasteiger partial charge in [-0.1, -0.05) is 23.2 Å². The van der Waals surface area contributed by atoms with Crippen molar-refractivity contribution in [1.82, 2.24) is 5.43 Å². The van der Waals surface area contributed by atoms with E-state index in [1.54, 1.807) is 31.2 Å². The van der Waals surface area contributed by atoms with E-state index in [-0.39, 0.29) is 5.91 Å². The molecule has 0 radical (unpaired) electrons. The van der Waals surface area contributed by atoms with Crippen LogP contribution in [0.1, 0.15) is 12.7 Å². The summed E-state index contributed by atoms with van der Waals surface area (Å²) in [6.45, 7) is 1.76. The van der Waals surface area contributed by atoms with Crippen LogP contribution in [0.5, 0.6) is 0 Å². The van der Waals surface area contributed by atoms with E-state index in [9.17, 15) is 4.79 Å². The minimum Gasteiger partial charge on any atom is -0.457 e. The summed E-state index contributed by atoms with van der Waals surface area (Å²) in [4.78, 5) is 11.6. The molecule has 21 heavy (non-hydrogen) atoms. The Bertz CT molecular complexity index is 791. The SMILES string of the molecule is CC1=NNC(=O)/C1=C\c1ccc(-c2ccc(Cl)c(Cl)c2)o1. The number of amides is 1. The third-order valence-corrected chi connectivity index (χ3v) is 3.82. The minimum absolute atomic E-state index is 0.236. The molecule has 0 spiro atoms. The molecule has 0 saturated carbocycles. The number of rotatable bonds is 2. The summed E-state index contributed by atoms with van der Waals surface area (Å²) in [5.74, 6) is 0.978. The van der Waals surface area contributed by atoms with Crippen molar-refractivity contribution in [3.8, 4) is 11.3 Å². The van der Waals surface area contributed by atoms with E-state index in [1.807, 2.05) is 12.1 Å². The fraction of sp³-hybridized carbons (Fsp3) is 0.0667. The van der Waals surface area contributed by atoms with Crippen LogP contribution < -0.4 is 5.43 Å². The standard InChI is InChI=1S/C15H10Cl2N2O2/c1-8-11(15(20)19-18-8)7-10-3-5-14(21-10)9-2-4-12(16)13(17)6-9/h2-7H,1H3,(H,19,20)/b11-7-. The Morgan fingerprint density at radius 1 is 1.19 bits per heavy atom. The van der Waals surface area contributed by atoms with Crippen molar-refractivity contribution >= 4 is 40.9 Å². The Hall–Kier alpha value is -2.04. The molecule has 0 aliphatic carbocycles. The zero-order valence-electron chi connectivity index (χ0n) is 11.0. The van der Waals surface area contributed by atoms with E-state index in [0.29, 0.717) is 32.9 Å². The Morgan fingerprint density at radius 2 is 2.00 bits per heavy atom. The van der Waals surface area contributed by atoms with Crippen LogP contribution in [-0.4, -0.2) is 11.6 Å². The molecule has 0 saturated heterocycles. The van der Waals surface area contributed by atoms with Crippen molar-refractivity contribution in [1.29, 1.82) is 0 Å². The molecule has 2 heterocycles. The molecule has 1 aliphatic heterocycles. The van der Waals surface area contributed by atoms with Crippen LogP contribution in [0.15, 0.2) is 45.4 Å². The number of halogens is 2. The fourth-order valence-corrected chi connectivity index (χ4v) is 2.26. The normalized spacial score (nSPS) is 16.2. The highest BCUT2D eigenvalue weighted by Gasteiger charge is 2.19. The highest BCUT2D eigenvalue weighted by molar-refractivity contribution is 6.42. The summed E-state index contributed by atoms with van der Waals surface area (Å²) in [5.41, 5.74) is 4.34. The maximum Gasteiger partial charge on any atom is 0.273 e. The van der Waals surface area contributed by atoms with Gasteiger partial charge in [-0.15, -0.1) is 0 Å². The number of nitrogens with one attached hydrogen (secondary N) is 1. The lowest BCUT2D eigenvalue weighted by atomic mass is 10.1. The van der Waals surface area contributed by atoms with Crippen molar-refractivity contribution in [2.75, 3.05) is 0 Å². The largest absolute Gasteiger partial charge is 0.457 e. The van der Waals surface area contributed by atoms with Gasteiger partial charge >= 0.3 is 0 Å². The van der Waals surface area contributed by atoms with Crippen LogP contribution in [0.4, 0.5) is 0 Å². The van der Waals surface area contributed by atoms with Crippen LogP contribution >= 0.6 is 23.2 Å².